The molecule has 1 aromatic heterocycles. The minimum atomic E-state index is 0.187. The lowest BCUT2D eigenvalue weighted by molar-refractivity contribution is 0.170. The van der Waals surface area contributed by atoms with Crippen LogP contribution in [0.1, 0.15) is 50.2 Å². The zero-order chi connectivity index (χ0) is 20.1. The van der Waals surface area contributed by atoms with Crippen LogP contribution in [0.15, 0.2) is 30.6 Å². The molecule has 0 amide bonds. The Morgan fingerprint density at radius 2 is 1.72 bits per heavy atom. The number of likely N-dealkylation sites (tertiary alicyclic amines) is 1. The summed E-state index contributed by atoms with van der Waals surface area (Å²) in [5, 5.41) is 0.723. The maximum Gasteiger partial charge on any atom is 0.225 e. The fourth-order valence-electron chi connectivity index (χ4n) is 4.16. The summed E-state index contributed by atoms with van der Waals surface area (Å²) < 4.78 is 6.24. The van der Waals surface area contributed by atoms with Crippen molar-refractivity contribution in [1.29, 1.82) is 0 Å². The number of ether oxygens (including phenoxy) is 1. The van der Waals surface area contributed by atoms with Crippen molar-refractivity contribution in [1.82, 2.24) is 14.9 Å². The molecule has 0 unspecified atom stereocenters. The lowest BCUT2D eigenvalue weighted by Gasteiger charge is -2.32. The van der Waals surface area contributed by atoms with Gasteiger partial charge in [0.05, 0.1) is 5.02 Å². The molecule has 0 radical (unpaired) electrons. The minimum absolute atomic E-state index is 0.187. The fraction of sp³-hybridized carbons (Fsp3) is 0.565. The van der Waals surface area contributed by atoms with Crippen molar-refractivity contribution in [2.75, 3.05) is 31.1 Å². The van der Waals surface area contributed by atoms with Crippen LogP contribution in [0.4, 0.5) is 5.95 Å². The molecule has 29 heavy (non-hydrogen) atoms. The second-order valence-electron chi connectivity index (χ2n) is 8.15. The molecule has 2 fully saturated rings. The van der Waals surface area contributed by atoms with Crippen molar-refractivity contribution in [3.05, 3.63) is 46.7 Å². The van der Waals surface area contributed by atoms with E-state index in [9.17, 15) is 0 Å². The largest absolute Gasteiger partial charge is 0.489 e. The third-order valence-corrected chi connectivity index (χ3v) is 6.26. The Labute approximate surface area is 179 Å². The van der Waals surface area contributed by atoms with E-state index in [2.05, 4.69) is 38.8 Å². The van der Waals surface area contributed by atoms with Gasteiger partial charge in [-0.05, 0) is 55.6 Å². The topological polar surface area (TPSA) is 41.5 Å². The van der Waals surface area contributed by atoms with E-state index in [1.165, 1.54) is 43.5 Å². The van der Waals surface area contributed by atoms with Crippen LogP contribution < -0.4 is 9.64 Å². The number of aromatic nitrogens is 2. The fourth-order valence-corrected chi connectivity index (χ4v) is 4.41. The highest BCUT2D eigenvalue weighted by Crippen LogP contribution is 2.29. The zero-order valence-electron chi connectivity index (χ0n) is 17.3. The van der Waals surface area contributed by atoms with Crippen LogP contribution in [0.2, 0.25) is 5.02 Å². The second kappa shape index (κ2) is 9.77. The number of hydrogen-bond acceptors (Lipinski definition) is 5. The van der Waals surface area contributed by atoms with E-state index in [0.29, 0.717) is 0 Å². The van der Waals surface area contributed by atoms with Gasteiger partial charge in [0.1, 0.15) is 11.9 Å². The first-order valence-electron chi connectivity index (χ1n) is 10.9. The lowest BCUT2D eigenvalue weighted by Crippen LogP contribution is -2.39. The summed E-state index contributed by atoms with van der Waals surface area (Å²) in [6.07, 6.45) is 10.9. The highest BCUT2D eigenvalue weighted by atomic mass is 35.5. The third kappa shape index (κ3) is 5.40. The number of piperidine rings is 2. The van der Waals surface area contributed by atoms with Gasteiger partial charge in [-0.15, -0.1) is 0 Å². The number of aryl methyl sites for hydroxylation is 1. The van der Waals surface area contributed by atoms with Crippen LogP contribution in [0.25, 0.3) is 0 Å². The second-order valence-corrected chi connectivity index (χ2v) is 8.56. The SMILES string of the molecule is CCc1cnc(N2CCC(Oc3ccc(CN4CCCCC4)cc3Cl)CC2)nc1. The van der Waals surface area contributed by atoms with Gasteiger partial charge in [-0.3, -0.25) is 4.90 Å². The van der Waals surface area contributed by atoms with Gasteiger partial charge in [0, 0.05) is 44.9 Å². The third-order valence-electron chi connectivity index (χ3n) is 5.97. The molecule has 3 heterocycles. The van der Waals surface area contributed by atoms with E-state index in [1.807, 2.05) is 18.5 Å². The summed E-state index contributed by atoms with van der Waals surface area (Å²) in [4.78, 5) is 13.8. The molecule has 6 heteroatoms. The molecule has 0 bridgehead atoms. The quantitative estimate of drug-likeness (QED) is 0.683. The monoisotopic (exact) mass is 414 g/mol. The van der Waals surface area contributed by atoms with Gasteiger partial charge < -0.3 is 9.64 Å². The van der Waals surface area contributed by atoms with Crippen LogP contribution >= 0.6 is 11.6 Å². The van der Waals surface area contributed by atoms with Crippen molar-refractivity contribution in [2.45, 2.75) is 58.1 Å². The summed E-state index contributed by atoms with van der Waals surface area (Å²) in [6, 6.07) is 6.28. The van der Waals surface area contributed by atoms with Crippen LogP contribution in [-0.2, 0) is 13.0 Å². The van der Waals surface area contributed by atoms with Crippen LogP contribution in [-0.4, -0.2) is 47.2 Å². The molecule has 0 spiro atoms. The summed E-state index contributed by atoms with van der Waals surface area (Å²) in [5.74, 6) is 1.62. The normalized spacial score (nSPS) is 18.8. The van der Waals surface area contributed by atoms with Crippen molar-refractivity contribution < 1.29 is 4.74 Å². The van der Waals surface area contributed by atoms with Gasteiger partial charge >= 0.3 is 0 Å². The Kier molecular flexibility index (Phi) is 6.88. The molecule has 156 valence electrons. The Balaban J connectivity index is 1.29. The minimum Gasteiger partial charge on any atom is -0.489 e. The van der Waals surface area contributed by atoms with E-state index in [-0.39, 0.29) is 6.10 Å². The summed E-state index contributed by atoms with van der Waals surface area (Å²) in [6.45, 7) is 7.29. The van der Waals surface area contributed by atoms with E-state index in [4.69, 9.17) is 16.3 Å². The summed E-state index contributed by atoms with van der Waals surface area (Å²) >= 11 is 6.55. The van der Waals surface area contributed by atoms with E-state index >= 15 is 0 Å². The average molecular weight is 415 g/mol. The van der Waals surface area contributed by atoms with Crippen molar-refractivity contribution in [3.8, 4) is 5.75 Å². The van der Waals surface area contributed by atoms with Gasteiger partial charge in [0.25, 0.3) is 0 Å². The van der Waals surface area contributed by atoms with Crippen LogP contribution in [0, 0.1) is 0 Å². The van der Waals surface area contributed by atoms with Crippen molar-refractivity contribution in [3.63, 3.8) is 0 Å². The average Bonchev–Trinajstić information content (AvgIpc) is 2.77. The van der Waals surface area contributed by atoms with Crippen molar-refractivity contribution in [2.24, 2.45) is 0 Å². The summed E-state index contributed by atoms with van der Waals surface area (Å²) in [7, 11) is 0. The summed E-state index contributed by atoms with van der Waals surface area (Å²) in [5.41, 5.74) is 2.44. The van der Waals surface area contributed by atoms with Gasteiger partial charge in [-0.2, -0.15) is 0 Å². The number of nitrogens with zero attached hydrogens (tertiary/aromatic N) is 4. The molecule has 1 aromatic carbocycles. The zero-order valence-corrected chi connectivity index (χ0v) is 18.1. The Morgan fingerprint density at radius 1 is 1.00 bits per heavy atom. The Hall–Kier alpha value is -1.85. The molecule has 0 atom stereocenters. The molecule has 4 rings (SSSR count). The molecule has 0 saturated carbocycles. The smallest absolute Gasteiger partial charge is 0.225 e. The van der Waals surface area contributed by atoms with Gasteiger partial charge in [0.2, 0.25) is 5.95 Å². The highest BCUT2D eigenvalue weighted by Gasteiger charge is 2.23. The van der Waals surface area contributed by atoms with E-state index in [0.717, 1.165) is 55.6 Å². The first-order valence-corrected chi connectivity index (χ1v) is 11.3. The molecule has 0 N–H and O–H groups in total. The lowest BCUT2D eigenvalue weighted by atomic mass is 10.1. The Morgan fingerprint density at radius 3 is 2.38 bits per heavy atom. The van der Waals surface area contributed by atoms with Crippen LogP contribution in [0.5, 0.6) is 5.75 Å². The molecule has 2 aliphatic rings. The molecule has 2 saturated heterocycles. The predicted molar refractivity (Wildman–Crippen MR) is 118 cm³/mol. The Bertz CT molecular complexity index is 784. The highest BCUT2D eigenvalue weighted by molar-refractivity contribution is 6.32. The van der Waals surface area contributed by atoms with Gasteiger partial charge in [-0.1, -0.05) is 31.0 Å². The molecule has 2 aliphatic heterocycles. The maximum absolute atomic E-state index is 6.55. The number of halogens is 1. The molecular weight excluding hydrogens is 384 g/mol. The van der Waals surface area contributed by atoms with E-state index in [1.54, 1.807) is 0 Å². The number of hydrogen-bond donors (Lipinski definition) is 0. The number of benzene rings is 1. The van der Waals surface area contributed by atoms with E-state index < -0.39 is 0 Å². The first kappa shape index (κ1) is 20.4. The molecule has 5 nitrogen and oxygen atoms in total. The maximum atomic E-state index is 6.55. The first-order chi connectivity index (χ1) is 14.2. The van der Waals surface area contributed by atoms with Crippen LogP contribution in [0.3, 0.4) is 0 Å². The standard InChI is InChI=1S/C23H31ClN4O/c1-2-18-15-25-23(26-16-18)28-12-8-20(9-13-28)29-22-7-6-19(14-21(22)24)17-27-10-4-3-5-11-27/h6-7,14-16,20H,2-5,8-13,17H2,1H3. The molecule has 2 aromatic rings. The number of anilines is 1. The van der Waals surface area contributed by atoms with Crippen molar-refractivity contribution >= 4 is 17.5 Å². The molecule has 0 aliphatic carbocycles. The van der Waals surface area contributed by atoms with Gasteiger partial charge in [-0.25, -0.2) is 9.97 Å². The van der Waals surface area contributed by atoms with Gasteiger partial charge in [0.15, 0.2) is 0 Å². The molecular formula is C23H31ClN4O. The predicted octanol–water partition coefficient (Wildman–Crippen LogP) is 4.73. The number of rotatable bonds is 6.